The first-order valence-electron chi connectivity index (χ1n) is 10.7. The van der Waals surface area contributed by atoms with E-state index in [4.69, 9.17) is 11.5 Å². The van der Waals surface area contributed by atoms with Gasteiger partial charge in [-0.3, -0.25) is 19.6 Å². The van der Waals surface area contributed by atoms with Crippen LogP contribution in [0.15, 0.2) is 60.9 Å². The second-order valence-corrected chi connectivity index (χ2v) is 8.21. The van der Waals surface area contributed by atoms with Gasteiger partial charge in [-0.15, -0.1) is 0 Å². The fraction of sp³-hybridized carbons (Fsp3) is 0.160. The minimum atomic E-state index is -4.52. The molecule has 2 amide bonds. The van der Waals surface area contributed by atoms with E-state index in [1.54, 1.807) is 24.3 Å². The zero-order chi connectivity index (χ0) is 26.0. The topological polar surface area (TPSA) is 128 Å². The van der Waals surface area contributed by atoms with Crippen LogP contribution in [0.3, 0.4) is 0 Å². The highest BCUT2D eigenvalue weighted by molar-refractivity contribution is 5.98. The van der Waals surface area contributed by atoms with E-state index in [1.165, 1.54) is 23.2 Å². The zero-order valence-electron chi connectivity index (χ0n) is 19.1. The molecule has 11 heteroatoms. The number of benzene rings is 1. The van der Waals surface area contributed by atoms with E-state index >= 15 is 0 Å². The minimum absolute atomic E-state index is 0.0601. The summed E-state index contributed by atoms with van der Waals surface area (Å²) >= 11 is 0. The van der Waals surface area contributed by atoms with Crippen LogP contribution in [0.25, 0.3) is 10.9 Å². The summed E-state index contributed by atoms with van der Waals surface area (Å²) in [5.41, 5.74) is 12.9. The van der Waals surface area contributed by atoms with E-state index in [9.17, 15) is 22.8 Å². The van der Waals surface area contributed by atoms with Crippen LogP contribution in [0.2, 0.25) is 0 Å². The molecule has 8 nitrogen and oxygen atoms in total. The third-order valence-electron chi connectivity index (χ3n) is 5.53. The first kappa shape index (κ1) is 24.6. The van der Waals surface area contributed by atoms with Crippen molar-refractivity contribution in [3.63, 3.8) is 0 Å². The van der Waals surface area contributed by atoms with Gasteiger partial charge in [0.1, 0.15) is 11.5 Å². The number of rotatable bonds is 6. The number of anilines is 1. The number of hydrogen-bond acceptors (Lipinski definition) is 6. The Morgan fingerprint density at radius 1 is 0.972 bits per heavy atom. The molecular formula is C25H21F3N6O2. The molecule has 0 aliphatic carbocycles. The van der Waals surface area contributed by atoms with Crippen molar-refractivity contribution in [2.24, 2.45) is 5.73 Å². The molecule has 4 N–H and O–H groups in total. The molecule has 184 valence electrons. The van der Waals surface area contributed by atoms with Crippen LogP contribution in [0.5, 0.6) is 0 Å². The number of nitrogens with zero attached hydrogens (tertiary/aromatic N) is 4. The molecule has 0 bridgehead atoms. The maximum Gasteiger partial charge on any atom is 0.417 e. The quantitative estimate of drug-likeness (QED) is 0.419. The number of fused-ring (bicyclic) bond motifs is 1. The summed E-state index contributed by atoms with van der Waals surface area (Å²) in [6, 6.07) is 12.0. The Balaban J connectivity index is 1.67. The van der Waals surface area contributed by atoms with Crippen molar-refractivity contribution >= 4 is 28.5 Å². The molecule has 3 heterocycles. The summed E-state index contributed by atoms with van der Waals surface area (Å²) in [6.45, 7) is 1.80. The van der Waals surface area contributed by atoms with Gasteiger partial charge in [0.25, 0.3) is 11.8 Å². The lowest BCUT2D eigenvalue weighted by molar-refractivity contribution is -0.137. The number of hydrogen-bond donors (Lipinski definition) is 2. The van der Waals surface area contributed by atoms with Gasteiger partial charge in [0.15, 0.2) is 0 Å². The lowest BCUT2D eigenvalue weighted by atomic mass is 10.1. The summed E-state index contributed by atoms with van der Waals surface area (Å²) in [6.07, 6.45) is -2.37. The fourth-order valence-electron chi connectivity index (χ4n) is 3.58. The van der Waals surface area contributed by atoms with E-state index in [1.807, 2.05) is 13.0 Å². The van der Waals surface area contributed by atoms with Gasteiger partial charge in [-0.25, -0.2) is 4.98 Å². The summed E-state index contributed by atoms with van der Waals surface area (Å²) < 4.78 is 38.8. The standard InChI is InChI=1S/C25H21F3N6O2/c1-14-8-17-9-16(3-7-20(17)33-22(14)29)24(36)34(12-15-2-6-21(23(30)35)32-10-15)13-19-5-4-18(11-31-19)25(26,27)28/h2-11H,12-13H2,1H3,(H2,29,33)(H2,30,35). The highest BCUT2D eigenvalue weighted by atomic mass is 19.4. The van der Waals surface area contributed by atoms with E-state index in [0.29, 0.717) is 27.8 Å². The van der Waals surface area contributed by atoms with Crippen molar-refractivity contribution in [2.45, 2.75) is 26.2 Å². The Bertz CT molecular complexity index is 1440. The maximum atomic E-state index is 13.5. The monoisotopic (exact) mass is 494 g/mol. The van der Waals surface area contributed by atoms with Crippen molar-refractivity contribution in [3.8, 4) is 0 Å². The molecule has 0 radical (unpaired) electrons. The molecule has 4 aromatic rings. The SMILES string of the molecule is Cc1cc2cc(C(=O)N(Cc3ccc(C(N)=O)nc3)Cc3ccc(C(F)(F)F)cn3)ccc2nc1N. The Hall–Kier alpha value is -4.54. The number of alkyl halides is 3. The van der Waals surface area contributed by atoms with E-state index in [0.717, 1.165) is 17.8 Å². The van der Waals surface area contributed by atoms with Gasteiger partial charge >= 0.3 is 6.18 Å². The largest absolute Gasteiger partial charge is 0.417 e. The highest BCUT2D eigenvalue weighted by Crippen LogP contribution is 2.28. The fourth-order valence-corrected chi connectivity index (χ4v) is 3.58. The molecule has 0 unspecified atom stereocenters. The van der Waals surface area contributed by atoms with Crippen molar-refractivity contribution in [1.29, 1.82) is 0 Å². The molecular weight excluding hydrogens is 473 g/mol. The van der Waals surface area contributed by atoms with Crippen molar-refractivity contribution in [2.75, 3.05) is 5.73 Å². The number of nitrogen functional groups attached to an aromatic ring is 1. The molecule has 0 atom stereocenters. The van der Waals surface area contributed by atoms with Gasteiger partial charge in [0, 0.05) is 29.9 Å². The maximum absolute atomic E-state index is 13.5. The number of pyridine rings is 3. The van der Waals surface area contributed by atoms with Gasteiger partial charge in [-0.1, -0.05) is 6.07 Å². The van der Waals surface area contributed by atoms with Crippen LogP contribution < -0.4 is 11.5 Å². The zero-order valence-corrected chi connectivity index (χ0v) is 19.1. The minimum Gasteiger partial charge on any atom is -0.383 e. The smallest absolute Gasteiger partial charge is 0.383 e. The average Bonchev–Trinajstić information content (AvgIpc) is 2.84. The lowest BCUT2D eigenvalue weighted by Gasteiger charge is -2.23. The Kier molecular flexibility index (Phi) is 6.56. The Labute approximate surface area is 203 Å². The second-order valence-electron chi connectivity index (χ2n) is 8.21. The number of nitrogens with two attached hydrogens (primary N) is 2. The number of aryl methyl sites for hydroxylation is 1. The van der Waals surface area contributed by atoms with Crippen molar-refractivity contribution in [3.05, 3.63) is 94.6 Å². The van der Waals surface area contributed by atoms with Gasteiger partial charge in [-0.2, -0.15) is 13.2 Å². The number of halogens is 3. The Morgan fingerprint density at radius 3 is 2.36 bits per heavy atom. The number of carbonyl (C=O) groups is 2. The lowest BCUT2D eigenvalue weighted by Crippen LogP contribution is -2.30. The third-order valence-corrected chi connectivity index (χ3v) is 5.53. The van der Waals surface area contributed by atoms with Crippen molar-refractivity contribution in [1.82, 2.24) is 19.9 Å². The number of aromatic nitrogens is 3. The molecule has 0 saturated carbocycles. The van der Waals surface area contributed by atoms with Crippen LogP contribution in [-0.2, 0) is 19.3 Å². The summed E-state index contributed by atoms with van der Waals surface area (Å²) in [5, 5.41) is 0.715. The first-order chi connectivity index (χ1) is 17.0. The highest BCUT2D eigenvalue weighted by Gasteiger charge is 2.30. The summed E-state index contributed by atoms with van der Waals surface area (Å²) in [5.74, 6) is -0.681. The molecule has 1 aromatic carbocycles. The molecule has 0 fully saturated rings. The van der Waals surface area contributed by atoms with Crippen LogP contribution in [0.4, 0.5) is 19.0 Å². The molecule has 0 saturated heterocycles. The third kappa shape index (κ3) is 5.40. The Morgan fingerprint density at radius 2 is 1.75 bits per heavy atom. The van der Waals surface area contributed by atoms with E-state index in [2.05, 4.69) is 15.0 Å². The molecule has 0 spiro atoms. The number of amides is 2. The molecule has 36 heavy (non-hydrogen) atoms. The summed E-state index contributed by atoms with van der Waals surface area (Å²) in [7, 11) is 0. The van der Waals surface area contributed by atoms with Gasteiger partial charge in [0.05, 0.1) is 23.3 Å². The van der Waals surface area contributed by atoms with Crippen LogP contribution in [0, 0.1) is 6.92 Å². The average molecular weight is 494 g/mol. The normalized spacial score (nSPS) is 11.4. The number of carbonyl (C=O) groups excluding carboxylic acids is 2. The van der Waals surface area contributed by atoms with Crippen LogP contribution >= 0.6 is 0 Å². The van der Waals surface area contributed by atoms with E-state index in [-0.39, 0.29) is 30.4 Å². The van der Waals surface area contributed by atoms with Gasteiger partial charge in [0.2, 0.25) is 0 Å². The van der Waals surface area contributed by atoms with Crippen LogP contribution in [0.1, 0.15) is 43.2 Å². The molecule has 0 aliphatic rings. The van der Waals surface area contributed by atoms with Gasteiger partial charge in [-0.05, 0) is 60.5 Å². The summed E-state index contributed by atoms with van der Waals surface area (Å²) in [4.78, 5) is 38.5. The first-order valence-corrected chi connectivity index (χ1v) is 10.7. The van der Waals surface area contributed by atoms with Crippen molar-refractivity contribution < 1.29 is 22.8 Å². The van der Waals surface area contributed by atoms with Crippen LogP contribution in [-0.4, -0.2) is 31.7 Å². The molecule has 0 aliphatic heterocycles. The predicted molar refractivity (Wildman–Crippen MR) is 126 cm³/mol. The van der Waals surface area contributed by atoms with Gasteiger partial charge < -0.3 is 16.4 Å². The van der Waals surface area contributed by atoms with E-state index < -0.39 is 17.6 Å². The molecule has 3 aromatic heterocycles. The molecule has 4 rings (SSSR count). The number of primary amides is 1. The predicted octanol–water partition coefficient (Wildman–Crippen LogP) is 3.88. The second kappa shape index (κ2) is 9.61.